The lowest BCUT2D eigenvalue weighted by molar-refractivity contribution is -0.703. The van der Waals surface area contributed by atoms with Gasteiger partial charge in [-0.2, -0.15) is 0 Å². The summed E-state index contributed by atoms with van der Waals surface area (Å²) in [7, 11) is 0. The summed E-state index contributed by atoms with van der Waals surface area (Å²) in [5.41, 5.74) is 1.37. The van der Waals surface area contributed by atoms with Crippen LogP contribution in [0.15, 0.2) is 42.7 Å². The van der Waals surface area contributed by atoms with Crippen molar-refractivity contribution in [2.24, 2.45) is 0 Å². The summed E-state index contributed by atoms with van der Waals surface area (Å²) >= 11 is 0. The second-order valence-corrected chi connectivity index (χ2v) is 6.24. The first-order valence-corrected chi connectivity index (χ1v) is 8.99. The molecule has 23 heavy (non-hydrogen) atoms. The van der Waals surface area contributed by atoms with Crippen molar-refractivity contribution >= 4 is 0 Å². The monoisotopic (exact) mass is 378 g/mol. The minimum Gasteiger partial charge on any atom is -1.00 e. The maximum atomic E-state index is 3.39. The van der Waals surface area contributed by atoms with Crippen molar-refractivity contribution in [2.45, 2.75) is 71.3 Å². The van der Waals surface area contributed by atoms with Crippen molar-refractivity contribution in [1.82, 2.24) is 4.98 Å². The first-order valence-electron chi connectivity index (χ1n) is 8.99. The van der Waals surface area contributed by atoms with Crippen molar-refractivity contribution in [2.75, 3.05) is 0 Å². The highest BCUT2D eigenvalue weighted by Gasteiger charge is 2.10. The van der Waals surface area contributed by atoms with Gasteiger partial charge in [0.15, 0.2) is 0 Å². The number of unbranched alkanes of at least 4 members (excludes halogenated alkanes) is 7. The Balaban J connectivity index is 0.00000264. The number of hydrogen-bond acceptors (Lipinski definition) is 0. The summed E-state index contributed by atoms with van der Waals surface area (Å²) in [4.78, 5) is 3.39. The molecule has 0 aliphatic rings. The number of H-pyrrole nitrogens is 1. The Morgan fingerprint density at radius 2 is 1.52 bits per heavy atom. The van der Waals surface area contributed by atoms with Crippen LogP contribution in [0.4, 0.5) is 0 Å². The standard InChI is InChI=1S/C20H30N2.BrH/c1-2-3-4-5-6-7-8-12-16-22-17-15-21-20(22)18-19-13-10-9-11-14-19;/h9-11,13-15,17H,2-8,12,16,18H2,1H3;1H. The number of halogens is 1. The van der Waals surface area contributed by atoms with Crippen LogP contribution in [0.5, 0.6) is 0 Å². The quantitative estimate of drug-likeness (QED) is 0.456. The van der Waals surface area contributed by atoms with Crippen LogP contribution < -0.4 is 21.5 Å². The molecular formula is C20H31BrN2. The second kappa shape index (κ2) is 12.3. The molecule has 0 amide bonds. The lowest BCUT2D eigenvalue weighted by Crippen LogP contribution is -3.00. The van der Waals surface area contributed by atoms with E-state index in [0.717, 1.165) is 13.0 Å². The van der Waals surface area contributed by atoms with Gasteiger partial charge in [0.05, 0.1) is 13.0 Å². The van der Waals surface area contributed by atoms with E-state index < -0.39 is 0 Å². The zero-order valence-electron chi connectivity index (χ0n) is 14.4. The van der Waals surface area contributed by atoms with Crippen LogP contribution in [0.1, 0.15) is 69.7 Å². The maximum absolute atomic E-state index is 3.39. The van der Waals surface area contributed by atoms with E-state index in [1.165, 1.54) is 62.8 Å². The van der Waals surface area contributed by atoms with Crippen LogP contribution in [0, 0.1) is 0 Å². The van der Waals surface area contributed by atoms with E-state index in [9.17, 15) is 0 Å². The number of benzene rings is 1. The second-order valence-electron chi connectivity index (χ2n) is 6.24. The highest BCUT2D eigenvalue weighted by Crippen LogP contribution is 2.09. The van der Waals surface area contributed by atoms with Crippen LogP contribution in [0.25, 0.3) is 0 Å². The van der Waals surface area contributed by atoms with E-state index in [1.54, 1.807) is 0 Å². The van der Waals surface area contributed by atoms with Gasteiger partial charge in [0.1, 0.15) is 12.4 Å². The minimum atomic E-state index is 0. The molecule has 0 aliphatic heterocycles. The van der Waals surface area contributed by atoms with Crippen LogP contribution >= 0.6 is 0 Å². The van der Waals surface area contributed by atoms with E-state index in [0.29, 0.717) is 0 Å². The van der Waals surface area contributed by atoms with Gasteiger partial charge in [0, 0.05) is 0 Å². The summed E-state index contributed by atoms with van der Waals surface area (Å²) in [6.45, 7) is 3.42. The maximum Gasteiger partial charge on any atom is 0.258 e. The van der Waals surface area contributed by atoms with Gasteiger partial charge in [-0.05, 0) is 18.4 Å². The smallest absolute Gasteiger partial charge is 0.258 e. The number of hydrogen-bond donors (Lipinski definition) is 1. The molecule has 0 spiro atoms. The molecule has 0 bridgehead atoms. The Labute approximate surface area is 152 Å². The number of aromatic amines is 1. The van der Waals surface area contributed by atoms with Gasteiger partial charge < -0.3 is 17.0 Å². The van der Waals surface area contributed by atoms with E-state index in [1.807, 2.05) is 0 Å². The van der Waals surface area contributed by atoms with Crippen molar-refractivity contribution in [3.05, 3.63) is 54.1 Å². The number of nitrogens with zero attached hydrogens (tertiary/aromatic N) is 1. The molecule has 2 nitrogen and oxygen atoms in total. The molecule has 0 aliphatic carbocycles. The highest BCUT2D eigenvalue weighted by molar-refractivity contribution is 5.17. The lowest BCUT2D eigenvalue weighted by Gasteiger charge is -2.03. The Bertz CT molecular complexity index is 507. The highest BCUT2D eigenvalue weighted by atomic mass is 79.9. The fourth-order valence-corrected chi connectivity index (χ4v) is 2.96. The molecule has 3 heteroatoms. The summed E-state index contributed by atoms with van der Waals surface area (Å²) in [6.07, 6.45) is 16.3. The Morgan fingerprint density at radius 3 is 2.22 bits per heavy atom. The zero-order chi connectivity index (χ0) is 15.5. The number of rotatable bonds is 11. The third kappa shape index (κ3) is 7.83. The SMILES string of the molecule is CCCCCCCCCC[n+]1cc[nH]c1Cc1ccccc1.[Br-]. The van der Waals surface area contributed by atoms with E-state index in [4.69, 9.17) is 0 Å². The fourth-order valence-electron chi connectivity index (χ4n) is 2.96. The van der Waals surface area contributed by atoms with Gasteiger partial charge in [-0.3, -0.25) is 0 Å². The minimum absolute atomic E-state index is 0. The summed E-state index contributed by atoms with van der Waals surface area (Å²) in [6, 6.07) is 10.7. The molecule has 2 rings (SSSR count). The molecule has 1 aromatic heterocycles. The molecule has 1 N–H and O–H groups in total. The molecule has 1 heterocycles. The van der Waals surface area contributed by atoms with Gasteiger partial charge in [-0.15, -0.1) is 0 Å². The largest absolute Gasteiger partial charge is 1.00 e. The van der Waals surface area contributed by atoms with Gasteiger partial charge in [-0.1, -0.05) is 75.8 Å². The number of nitrogens with one attached hydrogen (secondary N) is 1. The van der Waals surface area contributed by atoms with Crippen LogP contribution in [0.2, 0.25) is 0 Å². The van der Waals surface area contributed by atoms with Crippen LogP contribution in [-0.4, -0.2) is 4.98 Å². The number of imidazole rings is 1. The number of aromatic nitrogens is 2. The third-order valence-electron chi connectivity index (χ3n) is 4.32. The average Bonchev–Trinajstić information content (AvgIpc) is 2.98. The first kappa shape index (κ1) is 20.0. The van der Waals surface area contributed by atoms with E-state index >= 15 is 0 Å². The van der Waals surface area contributed by atoms with E-state index in [2.05, 4.69) is 59.2 Å². The number of aryl methyl sites for hydroxylation is 1. The van der Waals surface area contributed by atoms with Crippen molar-refractivity contribution in [3.8, 4) is 0 Å². The predicted molar refractivity (Wildman–Crippen MR) is 92.8 cm³/mol. The average molecular weight is 379 g/mol. The summed E-state index contributed by atoms with van der Waals surface area (Å²) in [5.74, 6) is 1.31. The third-order valence-corrected chi connectivity index (χ3v) is 4.32. The summed E-state index contributed by atoms with van der Waals surface area (Å²) in [5, 5.41) is 0. The molecule has 0 atom stereocenters. The Kier molecular flexibility index (Phi) is 10.7. The van der Waals surface area contributed by atoms with Crippen LogP contribution in [-0.2, 0) is 13.0 Å². The topological polar surface area (TPSA) is 19.7 Å². The fraction of sp³-hybridized carbons (Fsp3) is 0.550. The summed E-state index contributed by atoms with van der Waals surface area (Å²) < 4.78 is 2.38. The van der Waals surface area contributed by atoms with Gasteiger partial charge in [0.25, 0.3) is 5.82 Å². The van der Waals surface area contributed by atoms with Crippen molar-refractivity contribution in [3.63, 3.8) is 0 Å². The van der Waals surface area contributed by atoms with Crippen LogP contribution in [0.3, 0.4) is 0 Å². The van der Waals surface area contributed by atoms with Crippen molar-refractivity contribution < 1.29 is 21.5 Å². The molecule has 0 saturated carbocycles. The molecule has 0 unspecified atom stereocenters. The Morgan fingerprint density at radius 1 is 0.870 bits per heavy atom. The van der Waals surface area contributed by atoms with Gasteiger partial charge in [-0.25, -0.2) is 9.55 Å². The zero-order valence-corrected chi connectivity index (χ0v) is 16.0. The normalized spacial score (nSPS) is 10.5. The molecule has 0 fully saturated rings. The molecule has 0 saturated heterocycles. The lowest BCUT2D eigenvalue weighted by atomic mass is 10.1. The van der Waals surface area contributed by atoms with Gasteiger partial charge >= 0.3 is 0 Å². The molecule has 2 aromatic rings. The molecule has 128 valence electrons. The van der Waals surface area contributed by atoms with E-state index in [-0.39, 0.29) is 17.0 Å². The molecule has 0 radical (unpaired) electrons. The molecule has 1 aromatic carbocycles. The predicted octanol–water partition coefficient (Wildman–Crippen LogP) is 2.04. The van der Waals surface area contributed by atoms with Crippen molar-refractivity contribution in [1.29, 1.82) is 0 Å². The van der Waals surface area contributed by atoms with Gasteiger partial charge in [0.2, 0.25) is 0 Å². The Hall–Kier alpha value is -1.09. The molecular weight excluding hydrogens is 348 g/mol. The first-order chi connectivity index (χ1) is 10.9.